The Kier molecular flexibility index (Phi) is 9.76. The number of ether oxygens (including phenoxy) is 3. The normalized spacial score (nSPS) is 12.8. The molecule has 246 valence electrons. The molecule has 2 aliphatic rings. The lowest BCUT2D eigenvalue weighted by atomic mass is 10.00. The van der Waals surface area contributed by atoms with E-state index in [4.69, 9.17) is 14.2 Å². The third kappa shape index (κ3) is 7.69. The van der Waals surface area contributed by atoms with Crippen LogP contribution in [0.2, 0.25) is 0 Å². The summed E-state index contributed by atoms with van der Waals surface area (Å²) < 4.78 is 112. The number of benzene rings is 2. The van der Waals surface area contributed by atoms with Crippen LogP contribution in [0.5, 0.6) is 0 Å². The lowest BCUT2D eigenvalue weighted by molar-refractivity contribution is -0.148. The van der Waals surface area contributed by atoms with Crippen LogP contribution in [-0.4, -0.2) is 69.2 Å². The van der Waals surface area contributed by atoms with Crippen molar-refractivity contribution in [1.82, 2.24) is 29.7 Å². The van der Waals surface area contributed by atoms with Gasteiger partial charge in [0.25, 0.3) is 0 Å². The monoisotopic (exact) mass is 664 g/mol. The van der Waals surface area contributed by atoms with Gasteiger partial charge in [-0.25, -0.2) is 24.1 Å². The number of rotatable bonds is 11. The number of carbonyl (C=O) groups excluding carboxylic acids is 1. The molecule has 1 atom stereocenters. The highest BCUT2D eigenvalue weighted by Crippen LogP contribution is 2.40. The molecule has 17 heteroatoms. The number of alkyl halides is 6. The number of hydrogen-bond donors (Lipinski definition) is 0. The molecule has 3 heterocycles. The molecule has 0 N–H and O–H groups in total. The van der Waals surface area contributed by atoms with E-state index in [1.807, 2.05) is 0 Å². The zero-order chi connectivity index (χ0) is 33.8. The zero-order valence-electron chi connectivity index (χ0n) is 24.2. The Bertz CT molecular complexity index is 1810. The highest BCUT2D eigenvalue weighted by molar-refractivity contribution is 5.78. The summed E-state index contributed by atoms with van der Waals surface area (Å²) in [7, 11) is 1.49. The smallest absolute Gasteiger partial charge is 0.417 e. The van der Waals surface area contributed by atoms with Crippen LogP contribution in [-0.2, 0) is 31.4 Å². The minimum absolute atomic E-state index is 0.00694. The largest absolute Gasteiger partial charge is 0.461 e. The maximum atomic E-state index is 14.4. The number of halogens is 7. The van der Waals surface area contributed by atoms with Crippen molar-refractivity contribution in [3.05, 3.63) is 89.8 Å². The Hall–Kier alpha value is -5.03. The van der Waals surface area contributed by atoms with Crippen LogP contribution in [0.15, 0.2) is 67.1 Å². The predicted octanol–water partition coefficient (Wildman–Crippen LogP) is 5.87. The third-order valence-electron chi connectivity index (χ3n) is 6.69. The van der Waals surface area contributed by atoms with Crippen molar-refractivity contribution >= 4 is 5.97 Å². The first-order chi connectivity index (χ1) is 22.4. The molecule has 2 aromatic carbocycles. The SMILES string of the molecule is COCCOCCOC(=O)C(c1ccc(-c2ccc(C(F)(F)F)cc2C(F)(F)F)nn1)n1cnc2nc(-c3ccccc3F)nc-2c1. The quantitative estimate of drug-likeness (QED) is 0.0971. The summed E-state index contributed by atoms with van der Waals surface area (Å²) in [6, 6.07) is 7.82. The van der Waals surface area contributed by atoms with Crippen molar-refractivity contribution in [1.29, 1.82) is 0 Å². The van der Waals surface area contributed by atoms with E-state index >= 15 is 0 Å². The van der Waals surface area contributed by atoms with Gasteiger partial charge in [-0.3, -0.25) is 0 Å². The summed E-state index contributed by atoms with van der Waals surface area (Å²) in [5.41, 5.74) is -3.94. The molecular weight excluding hydrogens is 641 g/mol. The predicted molar refractivity (Wildman–Crippen MR) is 149 cm³/mol. The number of methoxy groups -OCH3 is 1. The second-order valence-corrected chi connectivity index (χ2v) is 9.83. The first-order valence-electron chi connectivity index (χ1n) is 13.7. The summed E-state index contributed by atoms with van der Waals surface area (Å²) in [5.74, 6) is -1.28. The molecule has 0 radical (unpaired) electrons. The highest BCUT2D eigenvalue weighted by atomic mass is 19.4. The number of fused-ring (bicyclic) bond motifs is 1. The van der Waals surface area contributed by atoms with E-state index in [1.54, 1.807) is 6.07 Å². The third-order valence-corrected chi connectivity index (χ3v) is 6.69. The summed E-state index contributed by atoms with van der Waals surface area (Å²) in [6.07, 6.45) is -7.58. The van der Waals surface area contributed by atoms with Gasteiger partial charge < -0.3 is 18.8 Å². The average molecular weight is 665 g/mol. The van der Waals surface area contributed by atoms with Crippen molar-refractivity contribution < 1.29 is 49.7 Å². The fraction of sp³-hybridized carbons (Fsp3) is 0.267. The molecule has 0 amide bonds. The minimum Gasteiger partial charge on any atom is -0.461 e. The van der Waals surface area contributed by atoms with E-state index in [2.05, 4.69) is 25.1 Å². The van der Waals surface area contributed by atoms with Crippen LogP contribution in [0, 0.1) is 5.82 Å². The molecule has 0 saturated heterocycles. The molecule has 10 nitrogen and oxygen atoms in total. The van der Waals surface area contributed by atoms with Gasteiger partial charge in [0.1, 0.15) is 18.1 Å². The Labute approximate surface area is 261 Å². The molecule has 1 aromatic heterocycles. The minimum atomic E-state index is -5.15. The lowest BCUT2D eigenvalue weighted by Gasteiger charge is -2.19. The Morgan fingerprint density at radius 1 is 0.830 bits per heavy atom. The number of esters is 1. The number of imidazole rings is 1. The van der Waals surface area contributed by atoms with Gasteiger partial charge in [-0.2, -0.15) is 36.5 Å². The molecule has 0 spiro atoms. The second-order valence-electron chi connectivity index (χ2n) is 9.83. The summed E-state index contributed by atoms with van der Waals surface area (Å²) in [4.78, 5) is 26.1. The number of carbonyl (C=O) groups is 1. The van der Waals surface area contributed by atoms with Crippen molar-refractivity contribution in [2.24, 2.45) is 0 Å². The fourth-order valence-corrected chi connectivity index (χ4v) is 4.46. The molecule has 0 fully saturated rings. The number of nitrogens with zero attached hydrogens (tertiary/aromatic N) is 6. The van der Waals surface area contributed by atoms with Gasteiger partial charge in [-0.15, -0.1) is 0 Å². The van der Waals surface area contributed by atoms with Gasteiger partial charge >= 0.3 is 18.3 Å². The van der Waals surface area contributed by atoms with Gasteiger partial charge in [0.15, 0.2) is 17.7 Å². The summed E-state index contributed by atoms with van der Waals surface area (Å²) in [5, 5.41) is 7.75. The average Bonchev–Trinajstić information content (AvgIpc) is 3.46. The highest BCUT2D eigenvalue weighted by Gasteiger charge is 2.39. The van der Waals surface area contributed by atoms with Crippen LogP contribution >= 0.6 is 0 Å². The molecule has 2 aliphatic heterocycles. The maximum Gasteiger partial charge on any atom is 0.417 e. The van der Waals surface area contributed by atoms with Crippen molar-refractivity contribution in [3.63, 3.8) is 0 Å². The lowest BCUT2D eigenvalue weighted by Crippen LogP contribution is -2.26. The molecule has 0 bridgehead atoms. The summed E-state index contributed by atoms with van der Waals surface area (Å²) >= 11 is 0. The van der Waals surface area contributed by atoms with Gasteiger partial charge in [-0.1, -0.05) is 18.2 Å². The van der Waals surface area contributed by atoms with Crippen LogP contribution in [0.4, 0.5) is 30.7 Å². The standard InChI is InChI=1S/C30H23F7N6O4/c1-45-10-11-46-12-13-47-28(44)25(43-15-24-27(38-16-43)40-26(39-24)19-4-2-3-5-21(19)31)23-9-8-22(41-42-23)18-7-6-17(29(32,33)34)14-20(18)30(35,36)37/h2-9,14-16,25H,10-13H2,1H3. The Balaban J connectivity index is 1.50. The first kappa shape index (κ1) is 33.3. The van der Waals surface area contributed by atoms with Crippen LogP contribution in [0.3, 0.4) is 0 Å². The van der Waals surface area contributed by atoms with Crippen LogP contribution in [0.25, 0.3) is 34.2 Å². The van der Waals surface area contributed by atoms with Gasteiger partial charge in [0, 0.05) is 18.9 Å². The van der Waals surface area contributed by atoms with E-state index < -0.39 is 52.6 Å². The molecule has 47 heavy (non-hydrogen) atoms. The van der Waals surface area contributed by atoms with Crippen molar-refractivity contribution in [2.75, 3.05) is 33.5 Å². The second kappa shape index (κ2) is 13.8. The van der Waals surface area contributed by atoms with Gasteiger partial charge in [0.05, 0.1) is 54.2 Å². The molecule has 0 saturated carbocycles. The van der Waals surface area contributed by atoms with Crippen LogP contribution in [0.1, 0.15) is 22.9 Å². The van der Waals surface area contributed by atoms with Crippen molar-refractivity contribution in [3.8, 4) is 34.2 Å². The number of aromatic nitrogens is 6. The molecule has 0 aliphatic carbocycles. The Morgan fingerprint density at radius 2 is 1.60 bits per heavy atom. The molecule has 5 rings (SSSR count). The topological polar surface area (TPSA) is 114 Å². The Morgan fingerprint density at radius 3 is 2.28 bits per heavy atom. The van der Waals surface area contributed by atoms with E-state index in [0.717, 1.165) is 6.07 Å². The van der Waals surface area contributed by atoms with Gasteiger partial charge in [0.2, 0.25) is 0 Å². The van der Waals surface area contributed by atoms with Crippen molar-refractivity contribution in [2.45, 2.75) is 18.4 Å². The van der Waals surface area contributed by atoms with E-state index in [-0.39, 0.29) is 54.5 Å². The molecular formula is C30H23F7N6O4. The zero-order valence-corrected chi connectivity index (χ0v) is 24.2. The first-order valence-corrected chi connectivity index (χ1v) is 13.7. The maximum absolute atomic E-state index is 14.4. The molecule has 1 unspecified atom stereocenters. The van der Waals surface area contributed by atoms with Crippen LogP contribution < -0.4 is 0 Å². The van der Waals surface area contributed by atoms with Gasteiger partial charge in [-0.05, 0) is 36.4 Å². The van der Waals surface area contributed by atoms with E-state index in [1.165, 1.54) is 48.5 Å². The summed E-state index contributed by atoms with van der Waals surface area (Å²) in [6.45, 7) is 0.381. The van der Waals surface area contributed by atoms with E-state index in [0.29, 0.717) is 18.7 Å². The fourth-order valence-electron chi connectivity index (χ4n) is 4.46. The number of hydrogen-bond acceptors (Lipinski definition) is 9. The van der Waals surface area contributed by atoms with E-state index in [9.17, 15) is 35.5 Å². The molecule has 3 aromatic rings.